The van der Waals surface area contributed by atoms with Crippen molar-refractivity contribution in [3.8, 4) is 11.5 Å². The number of piperidine rings is 1. The Morgan fingerprint density at radius 3 is 2.50 bits per heavy atom. The molecule has 0 saturated carbocycles. The zero-order valence-corrected chi connectivity index (χ0v) is 16.3. The van der Waals surface area contributed by atoms with Gasteiger partial charge in [0.15, 0.2) is 6.61 Å². The number of aromatic hydroxyl groups is 1. The van der Waals surface area contributed by atoms with Crippen molar-refractivity contribution in [2.75, 3.05) is 36.0 Å². The van der Waals surface area contributed by atoms with Crippen LogP contribution in [0.3, 0.4) is 0 Å². The van der Waals surface area contributed by atoms with Gasteiger partial charge in [0.1, 0.15) is 17.8 Å². The zero-order valence-electron chi connectivity index (χ0n) is 16.3. The minimum absolute atomic E-state index is 0.108. The lowest BCUT2D eigenvalue weighted by atomic mass is 9.82. The van der Waals surface area contributed by atoms with Gasteiger partial charge in [-0.1, -0.05) is 12.1 Å². The lowest BCUT2D eigenvalue weighted by molar-refractivity contribution is -0.153. The number of carbonyl (C=O) groups excluding carboxylic acids is 1. The van der Waals surface area contributed by atoms with Crippen LogP contribution in [0.5, 0.6) is 11.5 Å². The van der Waals surface area contributed by atoms with E-state index in [1.54, 1.807) is 24.3 Å². The highest BCUT2D eigenvalue weighted by Crippen LogP contribution is 2.41. The maximum Gasteiger partial charge on any atom is 0.422 e. The minimum atomic E-state index is -4.38. The minimum Gasteiger partial charge on any atom is -0.506 e. The van der Waals surface area contributed by atoms with Crippen LogP contribution in [0, 0.1) is 11.8 Å². The summed E-state index contributed by atoms with van der Waals surface area (Å²) in [7, 11) is 0. The van der Waals surface area contributed by atoms with E-state index in [4.69, 9.17) is 4.74 Å². The van der Waals surface area contributed by atoms with Crippen molar-refractivity contribution < 1.29 is 27.8 Å². The first kappa shape index (κ1) is 20.4. The molecule has 5 nitrogen and oxygen atoms in total. The Kier molecular flexibility index (Phi) is 5.49. The molecule has 0 aromatic heterocycles. The van der Waals surface area contributed by atoms with Gasteiger partial charge in [-0.25, -0.2) is 0 Å². The quantitative estimate of drug-likeness (QED) is 0.745. The summed E-state index contributed by atoms with van der Waals surface area (Å²) in [6.45, 7) is 0.792. The average Bonchev–Trinajstić information content (AvgIpc) is 3.16. The first-order valence-corrected chi connectivity index (χ1v) is 9.90. The summed E-state index contributed by atoms with van der Waals surface area (Å²) < 4.78 is 41.7. The third-order valence-corrected chi connectivity index (χ3v) is 5.96. The topological polar surface area (TPSA) is 53.0 Å². The molecule has 2 saturated heterocycles. The molecular weight excluding hydrogens is 397 g/mol. The Hall–Kier alpha value is -2.90. The fraction of sp³-hybridized carbons (Fsp3) is 0.409. The molecule has 2 aromatic rings. The number of hydrogen-bond acceptors (Lipinski definition) is 5. The molecule has 3 unspecified atom stereocenters. The fourth-order valence-corrected chi connectivity index (χ4v) is 4.58. The van der Waals surface area contributed by atoms with Gasteiger partial charge < -0.3 is 24.4 Å². The van der Waals surface area contributed by atoms with E-state index in [0.717, 1.165) is 30.6 Å². The number of fused-ring (bicyclic) bond motifs is 1. The molecule has 2 heterocycles. The van der Waals surface area contributed by atoms with Crippen LogP contribution in [0.1, 0.15) is 6.42 Å². The predicted molar refractivity (Wildman–Crippen MR) is 107 cm³/mol. The monoisotopic (exact) mass is 420 g/mol. The van der Waals surface area contributed by atoms with Crippen molar-refractivity contribution in [2.24, 2.45) is 11.8 Å². The average molecular weight is 420 g/mol. The molecule has 4 rings (SSSR count). The first-order chi connectivity index (χ1) is 14.4. The number of carbonyl (C=O) groups is 1. The van der Waals surface area contributed by atoms with Gasteiger partial charge in [0.05, 0.1) is 11.7 Å². The number of hydrogen-bond donors (Lipinski definition) is 1. The summed E-state index contributed by atoms with van der Waals surface area (Å²) in [6, 6.07) is 13.2. The zero-order chi connectivity index (χ0) is 21.3. The molecule has 2 fully saturated rings. The third kappa shape index (κ3) is 4.17. The molecule has 0 spiro atoms. The Labute approximate surface area is 172 Å². The highest BCUT2D eigenvalue weighted by atomic mass is 19.4. The Balaban J connectivity index is 1.48. The van der Waals surface area contributed by atoms with Crippen LogP contribution in [0.25, 0.3) is 0 Å². The van der Waals surface area contributed by atoms with Gasteiger partial charge in [-0.3, -0.25) is 0 Å². The Bertz CT molecular complexity index is 888. The molecule has 0 amide bonds. The number of ether oxygens (including phenoxy) is 1. The molecule has 3 atom stereocenters. The van der Waals surface area contributed by atoms with Crippen molar-refractivity contribution in [3.63, 3.8) is 0 Å². The van der Waals surface area contributed by atoms with Crippen LogP contribution in [0.4, 0.5) is 24.5 Å². The van der Waals surface area contributed by atoms with Crippen molar-refractivity contribution in [2.45, 2.75) is 18.6 Å². The molecule has 30 heavy (non-hydrogen) atoms. The van der Waals surface area contributed by atoms with Crippen LogP contribution in [-0.4, -0.2) is 49.9 Å². The normalized spacial score (nSPS) is 23.9. The van der Waals surface area contributed by atoms with Gasteiger partial charge in [-0.2, -0.15) is 13.2 Å². The number of alkyl halides is 3. The lowest BCUT2D eigenvalue weighted by Crippen LogP contribution is -2.50. The van der Waals surface area contributed by atoms with E-state index in [0.29, 0.717) is 19.0 Å². The summed E-state index contributed by atoms with van der Waals surface area (Å²) >= 11 is 0. The molecule has 2 aliphatic heterocycles. The van der Waals surface area contributed by atoms with E-state index in [2.05, 4.69) is 4.90 Å². The second kappa shape index (κ2) is 8.08. The summed E-state index contributed by atoms with van der Waals surface area (Å²) in [5, 5.41) is 10.2. The van der Waals surface area contributed by atoms with Gasteiger partial charge >= 0.3 is 6.18 Å². The second-order valence-electron chi connectivity index (χ2n) is 7.82. The number of phenolic OH excluding ortho intramolecular Hbond substituents is 1. The highest BCUT2D eigenvalue weighted by Gasteiger charge is 2.44. The van der Waals surface area contributed by atoms with Crippen molar-refractivity contribution >= 4 is 17.7 Å². The summed E-state index contributed by atoms with van der Waals surface area (Å²) in [6.07, 6.45) is -2.53. The van der Waals surface area contributed by atoms with Crippen LogP contribution >= 0.6 is 0 Å². The first-order valence-electron chi connectivity index (χ1n) is 9.90. The Morgan fingerprint density at radius 1 is 1.10 bits per heavy atom. The predicted octanol–water partition coefficient (Wildman–Crippen LogP) is 3.86. The van der Waals surface area contributed by atoms with E-state index < -0.39 is 12.8 Å². The van der Waals surface area contributed by atoms with Crippen LogP contribution in [-0.2, 0) is 4.79 Å². The SMILES string of the molecule is O=CC1C2CN(c3ccccc3O)CC2CCN1c1ccc(OCC(F)(F)F)cc1. The molecule has 0 bridgehead atoms. The van der Waals surface area contributed by atoms with Gasteiger partial charge in [0, 0.05) is 31.2 Å². The van der Waals surface area contributed by atoms with Gasteiger partial charge in [0.25, 0.3) is 0 Å². The molecule has 2 aliphatic rings. The van der Waals surface area contributed by atoms with Gasteiger partial charge in [-0.15, -0.1) is 0 Å². The molecule has 160 valence electrons. The van der Waals surface area contributed by atoms with Crippen LogP contribution < -0.4 is 14.5 Å². The van der Waals surface area contributed by atoms with E-state index in [9.17, 15) is 23.1 Å². The summed E-state index contributed by atoms with van der Waals surface area (Å²) in [4.78, 5) is 16.2. The van der Waals surface area contributed by atoms with Gasteiger partial charge in [-0.05, 0) is 48.7 Å². The number of para-hydroxylation sites is 2. The number of benzene rings is 2. The van der Waals surface area contributed by atoms with Crippen molar-refractivity contribution in [3.05, 3.63) is 48.5 Å². The second-order valence-corrected chi connectivity index (χ2v) is 7.82. The molecular formula is C22H23F3N2O3. The molecule has 1 N–H and O–H groups in total. The number of rotatable bonds is 5. The molecule has 0 aliphatic carbocycles. The van der Waals surface area contributed by atoms with Crippen molar-refractivity contribution in [1.29, 1.82) is 0 Å². The standard InChI is InChI=1S/C22H23F3N2O3/c23-22(24,25)14-30-17-7-5-16(6-8-17)27-10-9-15-11-26(12-18(15)20(27)13-28)19-3-1-2-4-21(19)29/h1-8,13,15,18,20,29H,9-12,14H2. The van der Waals surface area contributed by atoms with E-state index in [1.165, 1.54) is 12.1 Å². The largest absolute Gasteiger partial charge is 0.506 e. The van der Waals surface area contributed by atoms with Crippen LogP contribution in [0.2, 0.25) is 0 Å². The van der Waals surface area contributed by atoms with E-state index in [1.807, 2.05) is 17.0 Å². The van der Waals surface area contributed by atoms with E-state index >= 15 is 0 Å². The van der Waals surface area contributed by atoms with E-state index in [-0.39, 0.29) is 23.5 Å². The summed E-state index contributed by atoms with van der Waals surface area (Å²) in [5.74, 6) is 0.813. The molecule has 2 aromatic carbocycles. The van der Waals surface area contributed by atoms with Crippen molar-refractivity contribution in [1.82, 2.24) is 0 Å². The highest BCUT2D eigenvalue weighted by molar-refractivity contribution is 5.69. The molecule has 8 heteroatoms. The lowest BCUT2D eigenvalue weighted by Gasteiger charge is -2.41. The maximum atomic E-state index is 12.3. The maximum absolute atomic E-state index is 12.3. The smallest absolute Gasteiger partial charge is 0.422 e. The number of aldehydes is 1. The molecule has 0 radical (unpaired) electrons. The summed E-state index contributed by atoms with van der Waals surface area (Å²) in [5.41, 5.74) is 1.56. The number of anilines is 2. The third-order valence-electron chi connectivity index (χ3n) is 5.96. The fourth-order valence-electron chi connectivity index (χ4n) is 4.58. The number of phenols is 1. The number of halogens is 3. The Morgan fingerprint density at radius 2 is 1.83 bits per heavy atom. The van der Waals surface area contributed by atoms with Gasteiger partial charge in [0.2, 0.25) is 0 Å². The number of nitrogens with zero attached hydrogens (tertiary/aromatic N) is 2. The van der Waals surface area contributed by atoms with Crippen LogP contribution in [0.15, 0.2) is 48.5 Å².